The van der Waals surface area contributed by atoms with Crippen molar-refractivity contribution < 1.29 is 0 Å². The van der Waals surface area contributed by atoms with Gasteiger partial charge in [0.25, 0.3) is 0 Å². The lowest BCUT2D eigenvalue weighted by atomic mass is 10.1. The van der Waals surface area contributed by atoms with Crippen LogP contribution < -0.4 is 5.73 Å². The average molecular weight is 209 g/mol. The maximum atomic E-state index is 5.82. The van der Waals surface area contributed by atoms with E-state index in [2.05, 4.69) is 28.6 Å². The Morgan fingerprint density at radius 3 is 2.93 bits per heavy atom. The van der Waals surface area contributed by atoms with E-state index in [-0.39, 0.29) is 6.04 Å². The summed E-state index contributed by atoms with van der Waals surface area (Å²) in [5.74, 6) is 0. The van der Waals surface area contributed by atoms with Gasteiger partial charge in [0.1, 0.15) is 0 Å². The second-order valence-corrected chi connectivity index (χ2v) is 4.66. The molecular formula is C10H15N3S. The first-order valence-electron chi connectivity index (χ1n) is 4.77. The van der Waals surface area contributed by atoms with E-state index in [1.165, 1.54) is 11.4 Å². The zero-order chi connectivity index (χ0) is 10.3. The Morgan fingerprint density at radius 2 is 2.29 bits per heavy atom. The Balaban J connectivity index is 2.59. The molecule has 0 saturated heterocycles. The van der Waals surface area contributed by atoms with Crippen molar-refractivity contribution >= 4 is 16.3 Å². The quantitative estimate of drug-likeness (QED) is 0.821. The van der Waals surface area contributed by atoms with Gasteiger partial charge in [0, 0.05) is 29.2 Å². The molecule has 76 valence electrons. The van der Waals surface area contributed by atoms with Crippen LogP contribution in [0, 0.1) is 13.8 Å². The van der Waals surface area contributed by atoms with Crippen LogP contribution in [0.1, 0.15) is 24.0 Å². The standard InChI is InChI=1S/C10H15N3S/c1-6(11)4-9-8(3)12-10-13(9)7(2)5-14-10/h5-6H,4,11H2,1-3H3. The number of nitrogens with two attached hydrogens (primary N) is 1. The molecule has 0 radical (unpaired) electrons. The zero-order valence-corrected chi connectivity index (χ0v) is 9.56. The number of aromatic nitrogens is 2. The Bertz CT molecular complexity index is 453. The molecule has 0 saturated carbocycles. The summed E-state index contributed by atoms with van der Waals surface area (Å²) in [6.45, 7) is 6.19. The normalized spacial score (nSPS) is 13.7. The molecule has 2 aromatic rings. The zero-order valence-electron chi connectivity index (χ0n) is 8.74. The van der Waals surface area contributed by atoms with Gasteiger partial charge in [-0.3, -0.25) is 4.40 Å². The van der Waals surface area contributed by atoms with Crippen LogP contribution in [0.5, 0.6) is 0 Å². The van der Waals surface area contributed by atoms with Crippen molar-refractivity contribution in [3.05, 3.63) is 22.5 Å². The molecule has 2 heterocycles. The van der Waals surface area contributed by atoms with Gasteiger partial charge in [-0.15, -0.1) is 11.3 Å². The minimum absolute atomic E-state index is 0.188. The second-order valence-electron chi connectivity index (χ2n) is 3.82. The third kappa shape index (κ3) is 1.44. The highest BCUT2D eigenvalue weighted by Gasteiger charge is 2.12. The van der Waals surface area contributed by atoms with E-state index in [1.54, 1.807) is 11.3 Å². The molecule has 0 bridgehead atoms. The van der Waals surface area contributed by atoms with Crippen molar-refractivity contribution in [2.24, 2.45) is 5.73 Å². The number of aryl methyl sites for hydroxylation is 2. The minimum atomic E-state index is 0.188. The number of hydrogen-bond donors (Lipinski definition) is 1. The maximum Gasteiger partial charge on any atom is 0.194 e. The van der Waals surface area contributed by atoms with Crippen LogP contribution in [-0.2, 0) is 6.42 Å². The number of nitrogens with zero attached hydrogens (tertiary/aromatic N) is 2. The van der Waals surface area contributed by atoms with Crippen molar-refractivity contribution in [2.45, 2.75) is 33.2 Å². The van der Waals surface area contributed by atoms with Gasteiger partial charge in [-0.05, 0) is 20.8 Å². The van der Waals surface area contributed by atoms with Gasteiger partial charge in [0.15, 0.2) is 4.96 Å². The first kappa shape index (κ1) is 9.68. The van der Waals surface area contributed by atoms with Crippen LogP contribution in [0.3, 0.4) is 0 Å². The van der Waals surface area contributed by atoms with Crippen LogP contribution in [-0.4, -0.2) is 15.4 Å². The van der Waals surface area contributed by atoms with Crippen LogP contribution >= 0.6 is 11.3 Å². The summed E-state index contributed by atoms with van der Waals surface area (Å²) in [6.07, 6.45) is 0.893. The van der Waals surface area contributed by atoms with E-state index in [0.29, 0.717) is 0 Å². The molecule has 14 heavy (non-hydrogen) atoms. The summed E-state index contributed by atoms with van der Waals surface area (Å²) in [5.41, 5.74) is 9.44. The van der Waals surface area contributed by atoms with E-state index >= 15 is 0 Å². The number of fused-ring (bicyclic) bond motifs is 1. The molecule has 4 heteroatoms. The Hall–Kier alpha value is -0.870. The van der Waals surface area contributed by atoms with Gasteiger partial charge in [-0.1, -0.05) is 0 Å². The lowest BCUT2D eigenvalue weighted by Gasteiger charge is -2.05. The molecule has 0 amide bonds. The predicted octanol–water partition coefficient (Wildman–Crippen LogP) is 1.90. The van der Waals surface area contributed by atoms with Gasteiger partial charge in [0.05, 0.1) is 5.69 Å². The van der Waals surface area contributed by atoms with Crippen LogP contribution in [0.15, 0.2) is 5.38 Å². The fourth-order valence-electron chi connectivity index (χ4n) is 1.71. The predicted molar refractivity (Wildman–Crippen MR) is 59.9 cm³/mol. The first-order chi connectivity index (χ1) is 6.59. The Kier molecular flexibility index (Phi) is 2.33. The molecule has 0 aliphatic rings. The lowest BCUT2D eigenvalue weighted by Crippen LogP contribution is -2.19. The lowest BCUT2D eigenvalue weighted by molar-refractivity contribution is 0.711. The molecule has 2 aromatic heterocycles. The SMILES string of the molecule is Cc1nc2scc(C)n2c1CC(C)N. The van der Waals surface area contributed by atoms with Crippen molar-refractivity contribution in [2.75, 3.05) is 0 Å². The number of thiazole rings is 1. The largest absolute Gasteiger partial charge is 0.328 e. The monoisotopic (exact) mass is 209 g/mol. The fourth-order valence-corrected chi connectivity index (χ4v) is 2.64. The van der Waals surface area contributed by atoms with E-state index in [4.69, 9.17) is 5.73 Å². The molecule has 0 aliphatic carbocycles. The van der Waals surface area contributed by atoms with Gasteiger partial charge in [-0.2, -0.15) is 0 Å². The topological polar surface area (TPSA) is 43.3 Å². The van der Waals surface area contributed by atoms with Gasteiger partial charge in [0.2, 0.25) is 0 Å². The molecule has 1 unspecified atom stereocenters. The Labute approximate surface area is 87.6 Å². The Morgan fingerprint density at radius 1 is 1.57 bits per heavy atom. The van der Waals surface area contributed by atoms with E-state index in [1.807, 2.05) is 6.92 Å². The molecule has 0 aromatic carbocycles. The third-order valence-corrected chi connectivity index (χ3v) is 3.29. The van der Waals surface area contributed by atoms with E-state index < -0.39 is 0 Å². The van der Waals surface area contributed by atoms with Crippen molar-refractivity contribution in [1.82, 2.24) is 9.38 Å². The molecule has 2 rings (SSSR count). The van der Waals surface area contributed by atoms with Crippen molar-refractivity contribution in [3.8, 4) is 0 Å². The second kappa shape index (κ2) is 3.37. The molecule has 0 spiro atoms. The van der Waals surface area contributed by atoms with E-state index in [0.717, 1.165) is 17.1 Å². The number of rotatable bonds is 2. The molecule has 2 N–H and O–H groups in total. The average Bonchev–Trinajstić information content (AvgIpc) is 2.56. The van der Waals surface area contributed by atoms with Crippen molar-refractivity contribution in [3.63, 3.8) is 0 Å². The third-order valence-electron chi connectivity index (χ3n) is 2.35. The highest BCUT2D eigenvalue weighted by molar-refractivity contribution is 7.15. The maximum absolute atomic E-state index is 5.82. The van der Waals surface area contributed by atoms with Crippen LogP contribution in [0.4, 0.5) is 0 Å². The van der Waals surface area contributed by atoms with Crippen molar-refractivity contribution in [1.29, 1.82) is 0 Å². The smallest absolute Gasteiger partial charge is 0.194 e. The number of imidazole rings is 1. The summed E-state index contributed by atoms with van der Waals surface area (Å²) in [6, 6.07) is 0.188. The molecule has 0 aliphatic heterocycles. The van der Waals surface area contributed by atoms with Gasteiger partial charge >= 0.3 is 0 Å². The number of hydrogen-bond acceptors (Lipinski definition) is 3. The van der Waals surface area contributed by atoms with Crippen LogP contribution in [0.2, 0.25) is 0 Å². The molecule has 0 fully saturated rings. The highest BCUT2D eigenvalue weighted by atomic mass is 32.1. The van der Waals surface area contributed by atoms with Gasteiger partial charge in [-0.25, -0.2) is 4.98 Å². The first-order valence-corrected chi connectivity index (χ1v) is 5.65. The molecular weight excluding hydrogens is 194 g/mol. The fraction of sp³-hybridized carbons (Fsp3) is 0.500. The molecule has 1 atom stereocenters. The summed E-state index contributed by atoms with van der Waals surface area (Å²) in [7, 11) is 0. The summed E-state index contributed by atoms with van der Waals surface area (Å²) in [5, 5.41) is 2.13. The van der Waals surface area contributed by atoms with Crippen LogP contribution in [0.25, 0.3) is 4.96 Å². The molecule has 3 nitrogen and oxygen atoms in total. The van der Waals surface area contributed by atoms with Gasteiger partial charge < -0.3 is 5.73 Å². The highest BCUT2D eigenvalue weighted by Crippen LogP contribution is 2.21. The summed E-state index contributed by atoms with van der Waals surface area (Å²) >= 11 is 1.69. The summed E-state index contributed by atoms with van der Waals surface area (Å²) in [4.78, 5) is 5.59. The summed E-state index contributed by atoms with van der Waals surface area (Å²) < 4.78 is 2.21. The minimum Gasteiger partial charge on any atom is -0.328 e. The van der Waals surface area contributed by atoms with E-state index in [9.17, 15) is 0 Å².